The Balaban J connectivity index is 2.25. The molecule has 36 heavy (non-hydrogen) atoms. The minimum atomic E-state index is -3.60. The van der Waals surface area contributed by atoms with Crippen LogP contribution in [0.25, 0.3) is 0 Å². The van der Waals surface area contributed by atoms with Crippen LogP contribution in [0.15, 0.2) is 42.5 Å². The Kier molecular flexibility index (Phi) is 11.0. The summed E-state index contributed by atoms with van der Waals surface area (Å²) in [6.45, 7) is 6.29. The molecular weight excluding hydrogens is 502 g/mol. The third kappa shape index (κ3) is 8.13. The smallest absolute Gasteiger partial charge is 0.242 e. The molecule has 2 rings (SSSR count). The normalized spacial score (nSPS) is 12.1. The van der Waals surface area contributed by atoms with Gasteiger partial charge in [-0.3, -0.25) is 13.9 Å². The van der Waals surface area contributed by atoms with Crippen LogP contribution >= 0.6 is 11.6 Å². The van der Waals surface area contributed by atoms with Gasteiger partial charge in [-0.15, -0.1) is 0 Å². The summed E-state index contributed by atoms with van der Waals surface area (Å²) in [5, 5.41) is 3.24. The van der Waals surface area contributed by atoms with Crippen LogP contribution in [0.1, 0.15) is 44.2 Å². The lowest BCUT2D eigenvalue weighted by Gasteiger charge is -2.31. The average Bonchev–Trinajstić information content (AvgIpc) is 2.83. The van der Waals surface area contributed by atoms with Crippen molar-refractivity contribution in [3.63, 3.8) is 0 Å². The number of amides is 2. The standard InChI is InChI=1S/C26H36ClN3O5S/c1-6-23(26(32)28-7-2)29(18-20-10-8-11-22(16-20)35-4)25(31)12-9-15-30(36(5,33)34)24-17-21(27)14-13-19(24)3/h8,10-11,13-14,16-17,23H,6-7,9,12,15,18H2,1-5H3,(H,28,32)/t23-/m0/s1. The van der Waals surface area contributed by atoms with Gasteiger partial charge in [-0.05, 0) is 62.1 Å². The van der Waals surface area contributed by atoms with Crippen molar-refractivity contribution in [1.82, 2.24) is 10.2 Å². The molecule has 8 nitrogen and oxygen atoms in total. The molecule has 0 radical (unpaired) electrons. The number of halogens is 1. The predicted molar refractivity (Wildman–Crippen MR) is 144 cm³/mol. The molecule has 2 aromatic rings. The lowest BCUT2D eigenvalue weighted by atomic mass is 10.1. The molecule has 0 aliphatic rings. The first-order chi connectivity index (χ1) is 17.0. The molecule has 10 heteroatoms. The Labute approximate surface area is 219 Å². The van der Waals surface area contributed by atoms with Gasteiger partial charge in [0.2, 0.25) is 21.8 Å². The second-order valence-electron chi connectivity index (χ2n) is 8.56. The van der Waals surface area contributed by atoms with E-state index in [1.54, 1.807) is 30.2 Å². The van der Waals surface area contributed by atoms with Crippen molar-refractivity contribution in [2.45, 2.75) is 52.6 Å². The molecule has 1 N–H and O–H groups in total. The molecule has 0 bridgehead atoms. The number of likely N-dealkylation sites (N-methyl/N-ethyl adjacent to an activating group) is 1. The number of nitrogens with zero attached hydrogens (tertiary/aromatic N) is 2. The van der Waals surface area contributed by atoms with Crippen LogP contribution in [-0.2, 0) is 26.2 Å². The Hall–Kier alpha value is -2.78. The quantitative estimate of drug-likeness (QED) is 0.414. The van der Waals surface area contributed by atoms with Crippen LogP contribution in [0.2, 0.25) is 5.02 Å². The fourth-order valence-electron chi connectivity index (χ4n) is 4.01. The van der Waals surface area contributed by atoms with Gasteiger partial charge in [0.05, 0.1) is 19.1 Å². The minimum Gasteiger partial charge on any atom is -0.497 e. The molecule has 0 saturated heterocycles. The molecule has 0 fully saturated rings. The number of methoxy groups -OCH3 is 1. The second-order valence-corrected chi connectivity index (χ2v) is 10.9. The highest BCUT2D eigenvalue weighted by Crippen LogP contribution is 2.27. The van der Waals surface area contributed by atoms with Gasteiger partial charge in [0.1, 0.15) is 11.8 Å². The summed E-state index contributed by atoms with van der Waals surface area (Å²) in [7, 11) is -2.03. The van der Waals surface area contributed by atoms with Gasteiger partial charge < -0.3 is 15.0 Å². The highest BCUT2D eigenvalue weighted by molar-refractivity contribution is 7.92. The van der Waals surface area contributed by atoms with Crippen molar-refractivity contribution in [3.8, 4) is 5.75 Å². The Bertz CT molecular complexity index is 1160. The van der Waals surface area contributed by atoms with Crippen LogP contribution in [0.5, 0.6) is 5.75 Å². The molecule has 2 aromatic carbocycles. The zero-order valence-corrected chi connectivity index (χ0v) is 23.2. The van der Waals surface area contributed by atoms with E-state index in [0.717, 1.165) is 17.4 Å². The number of hydrogen-bond acceptors (Lipinski definition) is 5. The second kappa shape index (κ2) is 13.5. The molecule has 0 aliphatic heterocycles. The molecule has 0 spiro atoms. The maximum atomic E-state index is 13.4. The van der Waals surface area contributed by atoms with E-state index < -0.39 is 16.1 Å². The summed E-state index contributed by atoms with van der Waals surface area (Å²) in [4.78, 5) is 27.8. The molecule has 0 unspecified atom stereocenters. The van der Waals surface area contributed by atoms with Gasteiger partial charge in [-0.1, -0.05) is 36.7 Å². The van der Waals surface area contributed by atoms with Crippen molar-refractivity contribution in [2.75, 3.05) is 30.8 Å². The van der Waals surface area contributed by atoms with Crippen molar-refractivity contribution in [1.29, 1.82) is 0 Å². The highest BCUT2D eigenvalue weighted by Gasteiger charge is 2.29. The van der Waals surface area contributed by atoms with E-state index in [9.17, 15) is 18.0 Å². The summed E-state index contributed by atoms with van der Waals surface area (Å²) in [6, 6.07) is 11.8. The van der Waals surface area contributed by atoms with Crippen LogP contribution in [0.4, 0.5) is 5.69 Å². The molecular formula is C26H36ClN3O5S. The third-order valence-corrected chi connectivity index (χ3v) is 7.23. The number of sulfonamides is 1. The average molecular weight is 538 g/mol. The summed E-state index contributed by atoms with van der Waals surface area (Å²) < 4.78 is 31.7. The first-order valence-corrected chi connectivity index (χ1v) is 14.2. The van der Waals surface area contributed by atoms with E-state index in [-0.39, 0.29) is 37.7 Å². The number of ether oxygens (including phenoxy) is 1. The molecule has 0 heterocycles. The van der Waals surface area contributed by atoms with Crippen molar-refractivity contribution >= 4 is 39.1 Å². The Morgan fingerprint density at radius 3 is 2.47 bits per heavy atom. The molecule has 198 valence electrons. The lowest BCUT2D eigenvalue weighted by Crippen LogP contribution is -2.49. The summed E-state index contributed by atoms with van der Waals surface area (Å²) in [5.74, 6) is 0.211. The zero-order chi connectivity index (χ0) is 26.9. The number of nitrogens with one attached hydrogen (secondary N) is 1. The van der Waals surface area contributed by atoms with Gasteiger partial charge in [0, 0.05) is 31.1 Å². The fourth-order valence-corrected chi connectivity index (χ4v) is 5.19. The Morgan fingerprint density at radius 2 is 1.86 bits per heavy atom. The minimum absolute atomic E-state index is 0.0749. The van der Waals surface area contributed by atoms with E-state index in [1.807, 2.05) is 45.0 Å². The van der Waals surface area contributed by atoms with Crippen LogP contribution in [-0.4, -0.2) is 57.6 Å². The summed E-state index contributed by atoms with van der Waals surface area (Å²) in [5.41, 5.74) is 2.08. The number of carbonyl (C=O) groups is 2. The number of carbonyl (C=O) groups excluding carboxylic acids is 2. The number of rotatable bonds is 13. The summed E-state index contributed by atoms with van der Waals surface area (Å²) >= 11 is 6.11. The van der Waals surface area contributed by atoms with E-state index in [4.69, 9.17) is 16.3 Å². The number of aryl methyl sites for hydroxylation is 1. The van der Waals surface area contributed by atoms with Gasteiger partial charge in [0.25, 0.3) is 0 Å². The molecule has 0 aromatic heterocycles. The van der Waals surface area contributed by atoms with E-state index in [0.29, 0.717) is 29.4 Å². The van der Waals surface area contributed by atoms with E-state index in [2.05, 4.69) is 5.32 Å². The maximum absolute atomic E-state index is 13.4. The topological polar surface area (TPSA) is 96.0 Å². The Morgan fingerprint density at radius 1 is 1.14 bits per heavy atom. The van der Waals surface area contributed by atoms with Crippen LogP contribution in [0.3, 0.4) is 0 Å². The number of anilines is 1. The van der Waals surface area contributed by atoms with Crippen LogP contribution < -0.4 is 14.4 Å². The molecule has 0 aliphatic carbocycles. The lowest BCUT2D eigenvalue weighted by molar-refractivity contribution is -0.141. The van der Waals surface area contributed by atoms with Gasteiger partial charge >= 0.3 is 0 Å². The first-order valence-electron chi connectivity index (χ1n) is 12.0. The SMILES string of the molecule is CCNC(=O)[C@H](CC)N(Cc1cccc(OC)c1)C(=O)CCCN(c1cc(Cl)ccc1C)S(C)(=O)=O. The monoisotopic (exact) mass is 537 g/mol. The van der Waals surface area contributed by atoms with E-state index >= 15 is 0 Å². The molecule has 1 atom stereocenters. The van der Waals surface area contributed by atoms with Crippen LogP contribution in [0, 0.1) is 6.92 Å². The van der Waals surface area contributed by atoms with Gasteiger partial charge in [-0.2, -0.15) is 0 Å². The van der Waals surface area contributed by atoms with Gasteiger partial charge in [-0.25, -0.2) is 8.42 Å². The first kappa shape index (κ1) is 29.5. The largest absolute Gasteiger partial charge is 0.497 e. The van der Waals surface area contributed by atoms with Crippen molar-refractivity contribution in [3.05, 3.63) is 58.6 Å². The van der Waals surface area contributed by atoms with Crippen molar-refractivity contribution in [2.24, 2.45) is 0 Å². The molecule has 2 amide bonds. The van der Waals surface area contributed by atoms with E-state index in [1.165, 1.54) is 4.31 Å². The van der Waals surface area contributed by atoms with Crippen molar-refractivity contribution < 1.29 is 22.7 Å². The van der Waals surface area contributed by atoms with Gasteiger partial charge in [0.15, 0.2) is 0 Å². The number of benzene rings is 2. The third-order valence-electron chi connectivity index (χ3n) is 5.82. The molecule has 0 saturated carbocycles. The summed E-state index contributed by atoms with van der Waals surface area (Å²) in [6.07, 6.45) is 1.93. The zero-order valence-electron chi connectivity index (χ0n) is 21.6. The highest BCUT2D eigenvalue weighted by atomic mass is 35.5. The predicted octanol–water partition coefficient (Wildman–Crippen LogP) is 4.15. The fraction of sp³-hybridized carbons (Fsp3) is 0.462. The maximum Gasteiger partial charge on any atom is 0.242 e. The number of hydrogen-bond donors (Lipinski definition) is 1.